The number of amides is 1. The molecule has 44 heavy (non-hydrogen) atoms. The molecule has 2 N–H and O–H groups in total. The van der Waals surface area contributed by atoms with E-state index in [0.29, 0.717) is 75.2 Å². The summed E-state index contributed by atoms with van der Waals surface area (Å²) in [5.74, 6) is 0.547. The Labute approximate surface area is 267 Å². The standard InChI is InChI=1S/C29H29Cl2N7O4S2/c1-29(7-8-29)44(40,41)37-26(39)21-13-33-25-27(34-21)43-28(35-25)38-16-9-15(10-17(38)11-16)32-12-18-23(36-42-24(18)14-5-6-14)22-19(30)3-2-4-20(22)31/h2-4,13-17,32H,5-12H2,1H3,(H,37,39). The van der Waals surface area contributed by atoms with Crippen molar-refractivity contribution in [2.45, 2.75) is 87.2 Å². The maximum absolute atomic E-state index is 12.7. The molecule has 4 aromatic rings. The molecule has 1 aromatic carbocycles. The molecular formula is C29H29Cl2N7O4S2. The summed E-state index contributed by atoms with van der Waals surface area (Å²) in [4.78, 5) is 28.9. The number of fused-ring (bicyclic) bond motifs is 3. The first-order chi connectivity index (χ1) is 21.1. The van der Waals surface area contributed by atoms with E-state index in [0.717, 1.165) is 48.6 Å². The number of anilines is 1. The van der Waals surface area contributed by atoms with Crippen LogP contribution in [0.2, 0.25) is 10.0 Å². The Morgan fingerprint density at radius 2 is 1.86 bits per heavy atom. The molecule has 3 aromatic heterocycles. The van der Waals surface area contributed by atoms with E-state index >= 15 is 0 Å². The highest BCUT2D eigenvalue weighted by molar-refractivity contribution is 7.91. The van der Waals surface area contributed by atoms with Gasteiger partial charge in [0, 0.05) is 41.7 Å². The normalized spacial score (nSPS) is 23.9. The fraction of sp³-hybridized carbons (Fsp3) is 0.483. The molecule has 5 fully saturated rings. The minimum atomic E-state index is -3.76. The Hall–Kier alpha value is -2.84. The Morgan fingerprint density at radius 1 is 1.14 bits per heavy atom. The Kier molecular flexibility index (Phi) is 6.73. The number of nitrogens with one attached hydrogen (secondary N) is 2. The van der Waals surface area contributed by atoms with Crippen molar-refractivity contribution >= 4 is 66.1 Å². The molecule has 3 saturated carbocycles. The fourth-order valence-corrected chi connectivity index (χ4v) is 9.21. The average Bonchev–Trinajstić information content (AvgIpc) is 3.89. The molecule has 1 amide bonds. The van der Waals surface area contributed by atoms with Crippen LogP contribution >= 0.6 is 34.5 Å². The number of benzene rings is 1. The van der Waals surface area contributed by atoms with Crippen LogP contribution in [0, 0.1) is 0 Å². The number of carbonyl (C=O) groups is 1. The molecule has 5 heterocycles. The fourth-order valence-electron chi connectivity index (χ4n) is 6.35. The summed E-state index contributed by atoms with van der Waals surface area (Å²) in [7, 11) is -3.76. The summed E-state index contributed by atoms with van der Waals surface area (Å²) >= 11 is 14.4. The maximum Gasteiger partial charge on any atom is 0.284 e. The summed E-state index contributed by atoms with van der Waals surface area (Å²) in [5.41, 5.74) is 2.85. The van der Waals surface area contributed by atoms with Crippen LogP contribution in [0.25, 0.3) is 21.7 Å². The van der Waals surface area contributed by atoms with Crippen molar-refractivity contribution in [2.24, 2.45) is 0 Å². The number of aromatic nitrogens is 4. The lowest BCUT2D eigenvalue weighted by Gasteiger charge is -2.55. The minimum absolute atomic E-state index is 0.0367. The van der Waals surface area contributed by atoms with Gasteiger partial charge in [-0.25, -0.2) is 23.1 Å². The predicted molar refractivity (Wildman–Crippen MR) is 168 cm³/mol. The summed E-state index contributed by atoms with van der Waals surface area (Å²) < 4.78 is 32.1. The van der Waals surface area contributed by atoms with E-state index in [9.17, 15) is 13.2 Å². The van der Waals surface area contributed by atoms with E-state index in [1.807, 2.05) is 18.2 Å². The SMILES string of the molecule is CC1(S(=O)(=O)NC(=O)c2cnc3nc(N4C5CC(NCc6c(-c7c(Cl)cccc7Cl)noc6C6CC6)CC4C5)sc3n2)CC1. The first kappa shape index (κ1) is 28.6. The third kappa shape index (κ3) is 4.87. The van der Waals surface area contributed by atoms with Crippen molar-refractivity contribution in [1.29, 1.82) is 0 Å². The highest BCUT2D eigenvalue weighted by atomic mass is 35.5. The van der Waals surface area contributed by atoms with Crippen LogP contribution in [0.4, 0.5) is 5.13 Å². The Morgan fingerprint density at radius 3 is 2.55 bits per heavy atom. The maximum atomic E-state index is 12.7. The van der Waals surface area contributed by atoms with Gasteiger partial charge in [-0.15, -0.1) is 0 Å². The van der Waals surface area contributed by atoms with Gasteiger partial charge in [-0.1, -0.05) is 45.8 Å². The van der Waals surface area contributed by atoms with E-state index < -0.39 is 20.7 Å². The number of carbonyl (C=O) groups excluding carboxylic acids is 1. The number of nitrogens with zero attached hydrogens (tertiary/aromatic N) is 5. The van der Waals surface area contributed by atoms with Crippen LogP contribution in [0.3, 0.4) is 0 Å². The summed E-state index contributed by atoms with van der Waals surface area (Å²) in [6.07, 6.45) is 7.52. The van der Waals surface area contributed by atoms with Crippen molar-refractivity contribution in [3.8, 4) is 11.3 Å². The Balaban J connectivity index is 0.953. The van der Waals surface area contributed by atoms with Crippen molar-refractivity contribution < 1.29 is 17.7 Å². The number of hydrogen-bond donors (Lipinski definition) is 2. The highest BCUT2D eigenvalue weighted by Crippen LogP contribution is 2.47. The first-order valence-electron chi connectivity index (χ1n) is 14.7. The molecule has 2 aliphatic heterocycles. The molecule has 11 nitrogen and oxygen atoms in total. The molecule has 2 bridgehead atoms. The van der Waals surface area contributed by atoms with Gasteiger partial charge >= 0.3 is 0 Å². The molecule has 9 rings (SSSR count). The van der Waals surface area contributed by atoms with Crippen LogP contribution < -0.4 is 14.9 Å². The van der Waals surface area contributed by atoms with Crippen LogP contribution in [0.1, 0.15) is 79.6 Å². The molecule has 2 saturated heterocycles. The zero-order valence-corrected chi connectivity index (χ0v) is 26.9. The first-order valence-corrected chi connectivity index (χ1v) is 17.8. The lowest BCUT2D eigenvalue weighted by Crippen LogP contribution is -2.64. The van der Waals surface area contributed by atoms with Crippen LogP contribution in [-0.2, 0) is 16.6 Å². The molecule has 3 aliphatic carbocycles. The monoisotopic (exact) mass is 673 g/mol. The van der Waals surface area contributed by atoms with E-state index in [1.165, 1.54) is 17.5 Å². The quantitative estimate of drug-likeness (QED) is 0.236. The Bertz CT molecular complexity index is 1890. The van der Waals surface area contributed by atoms with E-state index in [-0.39, 0.29) is 5.69 Å². The number of halogens is 2. The zero-order valence-electron chi connectivity index (χ0n) is 23.7. The van der Waals surface area contributed by atoms with Gasteiger partial charge in [0.05, 0.1) is 21.0 Å². The number of rotatable bonds is 9. The molecular weight excluding hydrogens is 645 g/mol. The van der Waals surface area contributed by atoms with Gasteiger partial charge in [-0.3, -0.25) is 4.79 Å². The van der Waals surface area contributed by atoms with Gasteiger partial charge in [-0.05, 0) is 64.0 Å². The second-order valence-corrected chi connectivity index (χ2v) is 16.5. The molecule has 0 radical (unpaired) electrons. The van der Waals surface area contributed by atoms with Gasteiger partial charge in [0.15, 0.2) is 15.6 Å². The van der Waals surface area contributed by atoms with E-state index in [4.69, 9.17) is 32.7 Å². The number of piperidine rings is 1. The predicted octanol–water partition coefficient (Wildman–Crippen LogP) is 5.44. The second kappa shape index (κ2) is 10.3. The van der Waals surface area contributed by atoms with Crippen molar-refractivity contribution in [3.05, 3.63) is 51.5 Å². The average molecular weight is 675 g/mol. The second-order valence-electron chi connectivity index (χ2n) is 12.5. The highest BCUT2D eigenvalue weighted by Gasteiger charge is 2.51. The van der Waals surface area contributed by atoms with Crippen LogP contribution in [-0.4, -0.2) is 57.3 Å². The van der Waals surface area contributed by atoms with Gasteiger partial charge < -0.3 is 14.7 Å². The molecule has 15 heteroatoms. The smallest absolute Gasteiger partial charge is 0.284 e. The molecule has 230 valence electrons. The van der Waals surface area contributed by atoms with Crippen LogP contribution in [0.5, 0.6) is 0 Å². The zero-order chi connectivity index (χ0) is 30.4. The van der Waals surface area contributed by atoms with Crippen molar-refractivity contribution in [1.82, 2.24) is 30.1 Å². The third-order valence-electron chi connectivity index (χ3n) is 9.37. The minimum Gasteiger partial charge on any atom is -0.360 e. The molecule has 2 atom stereocenters. The van der Waals surface area contributed by atoms with Gasteiger partial charge in [0.2, 0.25) is 10.0 Å². The van der Waals surface area contributed by atoms with E-state index in [2.05, 4.69) is 30.1 Å². The van der Waals surface area contributed by atoms with Crippen molar-refractivity contribution in [3.63, 3.8) is 0 Å². The van der Waals surface area contributed by atoms with Gasteiger partial charge in [0.25, 0.3) is 5.91 Å². The lowest BCUT2D eigenvalue weighted by molar-refractivity contribution is 0.0976. The number of thiazole rings is 1. The van der Waals surface area contributed by atoms with Gasteiger partial charge in [-0.2, -0.15) is 4.98 Å². The summed E-state index contributed by atoms with van der Waals surface area (Å²) in [6.45, 7) is 2.25. The lowest BCUT2D eigenvalue weighted by atomic mass is 9.77. The molecule has 5 aliphatic rings. The van der Waals surface area contributed by atoms with Crippen LogP contribution in [0.15, 0.2) is 28.9 Å². The number of sulfonamides is 1. The summed E-state index contributed by atoms with van der Waals surface area (Å²) in [5, 5.41) is 10.1. The van der Waals surface area contributed by atoms with Gasteiger partial charge in [0.1, 0.15) is 17.1 Å². The van der Waals surface area contributed by atoms with E-state index in [1.54, 1.807) is 6.92 Å². The number of hydrogen-bond acceptors (Lipinski definition) is 11. The molecule has 0 spiro atoms. The third-order valence-corrected chi connectivity index (χ3v) is 13.1. The summed E-state index contributed by atoms with van der Waals surface area (Å²) in [6, 6.07) is 6.41. The topological polar surface area (TPSA) is 143 Å². The largest absolute Gasteiger partial charge is 0.360 e. The molecule has 2 unspecified atom stereocenters. The van der Waals surface area contributed by atoms with Crippen molar-refractivity contribution in [2.75, 3.05) is 4.90 Å².